The number of hydrogen-bond donors (Lipinski definition) is 1. The Bertz CT molecular complexity index is 1110. The van der Waals surface area contributed by atoms with Gasteiger partial charge in [0.05, 0.1) is 7.11 Å². The first-order chi connectivity index (χ1) is 14.6. The summed E-state index contributed by atoms with van der Waals surface area (Å²) in [4.78, 5) is 2.47. The van der Waals surface area contributed by atoms with Gasteiger partial charge in [-0.1, -0.05) is 42.2 Å². The Hall–Kier alpha value is -2.74. The van der Waals surface area contributed by atoms with Crippen LogP contribution in [0.2, 0.25) is 0 Å². The molecule has 0 aromatic heterocycles. The van der Waals surface area contributed by atoms with Crippen LogP contribution in [0.25, 0.3) is 0 Å². The molecule has 2 aliphatic carbocycles. The molecule has 0 amide bonds. The molecule has 6 rings (SSSR count). The predicted molar refractivity (Wildman–Crippen MR) is 115 cm³/mol. The van der Waals surface area contributed by atoms with Gasteiger partial charge in [0.2, 0.25) is 0 Å². The number of ether oxygens (including phenoxy) is 2. The molecule has 2 aliphatic heterocycles. The Morgan fingerprint density at radius 2 is 2.03 bits per heavy atom. The van der Waals surface area contributed by atoms with Crippen LogP contribution in [0.4, 0.5) is 0 Å². The Morgan fingerprint density at radius 3 is 2.83 bits per heavy atom. The van der Waals surface area contributed by atoms with Crippen molar-refractivity contribution in [2.75, 3.05) is 20.7 Å². The SMILES string of the molecule is COc1cc(C#Cc2ccccc2)c2c3c1O[C@H]1[C@@H](O)C=C[C@@H]4[C@@H](C2)N(C)CC[C@@]341. The molecule has 1 saturated heterocycles. The van der Waals surface area contributed by atoms with Gasteiger partial charge >= 0.3 is 0 Å². The van der Waals surface area contributed by atoms with Crippen molar-refractivity contribution in [2.24, 2.45) is 5.92 Å². The van der Waals surface area contributed by atoms with Crippen molar-refractivity contribution < 1.29 is 14.6 Å². The number of methoxy groups -OCH3 is 1. The third kappa shape index (κ3) is 2.25. The topological polar surface area (TPSA) is 41.9 Å². The van der Waals surface area contributed by atoms with Crippen molar-refractivity contribution >= 4 is 0 Å². The summed E-state index contributed by atoms with van der Waals surface area (Å²) in [7, 11) is 3.90. The molecule has 2 bridgehead atoms. The van der Waals surface area contributed by atoms with E-state index in [4.69, 9.17) is 9.47 Å². The standard InChI is InChI=1S/C26H25NO3/c1-27-13-12-26-19-10-11-21(28)25(26)30-24-22(29-2)14-17(18(23(24)26)15-20(19)27)9-8-16-6-4-3-5-7-16/h3-7,10-11,14,19-21,25,28H,12-13,15H2,1-2H3/t19-,20-,21+,25+,26+/m1/s1. The molecular weight excluding hydrogens is 374 g/mol. The molecule has 4 nitrogen and oxygen atoms in total. The zero-order valence-corrected chi connectivity index (χ0v) is 17.3. The van der Waals surface area contributed by atoms with E-state index in [-0.39, 0.29) is 11.5 Å². The summed E-state index contributed by atoms with van der Waals surface area (Å²) in [5, 5.41) is 10.8. The highest BCUT2D eigenvalue weighted by Crippen LogP contribution is 2.63. The van der Waals surface area contributed by atoms with Crippen LogP contribution in [0.5, 0.6) is 11.5 Å². The Labute approximate surface area is 177 Å². The normalized spacial score (nSPS) is 32.6. The molecule has 2 aromatic rings. The first kappa shape index (κ1) is 18.1. The fourth-order valence-electron chi connectivity index (χ4n) is 6.23. The van der Waals surface area contributed by atoms with Gasteiger partial charge in [-0.15, -0.1) is 0 Å². The lowest BCUT2D eigenvalue weighted by Gasteiger charge is -2.56. The molecule has 1 spiro atoms. The summed E-state index contributed by atoms with van der Waals surface area (Å²) >= 11 is 0. The minimum Gasteiger partial charge on any atom is -0.493 e. The highest BCUT2D eigenvalue weighted by atomic mass is 16.5. The quantitative estimate of drug-likeness (QED) is 0.592. The van der Waals surface area contributed by atoms with E-state index in [2.05, 4.69) is 29.9 Å². The van der Waals surface area contributed by atoms with Crippen LogP contribution in [0.15, 0.2) is 48.6 Å². The second-order valence-corrected chi connectivity index (χ2v) is 8.91. The zero-order valence-electron chi connectivity index (χ0n) is 17.3. The van der Waals surface area contributed by atoms with Crippen molar-refractivity contribution in [3.05, 3.63) is 70.8 Å². The molecular formula is C26H25NO3. The number of aliphatic hydroxyl groups is 1. The lowest BCUT2D eigenvalue weighted by molar-refractivity contribution is -0.0453. The van der Waals surface area contributed by atoms with Gasteiger partial charge in [-0.3, -0.25) is 0 Å². The van der Waals surface area contributed by atoms with Crippen molar-refractivity contribution in [1.82, 2.24) is 4.90 Å². The molecule has 0 radical (unpaired) electrons. The Balaban J connectivity index is 1.60. The number of benzene rings is 2. The molecule has 0 unspecified atom stereocenters. The van der Waals surface area contributed by atoms with Gasteiger partial charge in [0.1, 0.15) is 12.2 Å². The second-order valence-electron chi connectivity index (χ2n) is 8.91. The minimum atomic E-state index is -0.604. The van der Waals surface area contributed by atoms with Crippen molar-refractivity contribution in [3.8, 4) is 23.3 Å². The fraction of sp³-hybridized carbons (Fsp3) is 0.385. The molecule has 152 valence electrons. The average molecular weight is 399 g/mol. The maximum atomic E-state index is 10.8. The molecule has 0 saturated carbocycles. The van der Waals surface area contributed by atoms with Crippen molar-refractivity contribution in [3.63, 3.8) is 0 Å². The Morgan fingerprint density at radius 1 is 1.20 bits per heavy atom. The molecule has 1 fully saturated rings. The van der Waals surface area contributed by atoms with E-state index in [0.29, 0.717) is 12.0 Å². The van der Waals surface area contributed by atoms with Crippen LogP contribution < -0.4 is 9.47 Å². The first-order valence-electron chi connectivity index (χ1n) is 10.7. The number of rotatable bonds is 1. The maximum absolute atomic E-state index is 10.8. The van der Waals surface area contributed by atoms with E-state index in [1.807, 2.05) is 42.5 Å². The van der Waals surface area contributed by atoms with Gasteiger partial charge in [0, 0.05) is 34.1 Å². The largest absolute Gasteiger partial charge is 0.493 e. The first-order valence-corrected chi connectivity index (χ1v) is 10.7. The van der Waals surface area contributed by atoms with Gasteiger partial charge < -0.3 is 19.5 Å². The summed E-state index contributed by atoms with van der Waals surface area (Å²) in [6.07, 6.45) is 5.20. The average Bonchev–Trinajstić information content (AvgIpc) is 3.12. The third-order valence-corrected chi connectivity index (χ3v) is 7.60. The van der Waals surface area contributed by atoms with Crippen LogP contribution in [0.3, 0.4) is 0 Å². The summed E-state index contributed by atoms with van der Waals surface area (Å²) < 4.78 is 12.2. The second kappa shape index (κ2) is 6.38. The number of aliphatic hydroxyl groups excluding tert-OH is 1. The van der Waals surface area contributed by atoms with E-state index in [0.717, 1.165) is 42.0 Å². The van der Waals surface area contributed by atoms with Crippen molar-refractivity contribution in [2.45, 2.75) is 36.5 Å². The number of hydrogen-bond acceptors (Lipinski definition) is 4. The molecule has 30 heavy (non-hydrogen) atoms. The lowest BCUT2D eigenvalue weighted by atomic mass is 9.53. The van der Waals surface area contributed by atoms with Crippen LogP contribution in [-0.2, 0) is 11.8 Å². The highest BCUT2D eigenvalue weighted by Gasteiger charge is 2.64. The fourth-order valence-corrected chi connectivity index (χ4v) is 6.23. The van der Waals surface area contributed by atoms with E-state index < -0.39 is 6.10 Å². The summed E-state index contributed by atoms with van der Waals surface area (Å²) in [5.41, 5.74) is 4.32. The number of likely N-dealkylation sites (tertiary alicyclic amines) is 1. The summed E-state index contributed by atoms with van der Waals surface area (Å²) in [6.45, 7) is 1.00. The molecule has 4 heteroatoms. The molecule has 5 atom stereocenters. The monoisotopic (exact) mass is 399 g/mol. The molecule has 2 heterocycles. The predicted octanol–water partition coefficient (Wildman–Crippen LogP) is 2.90. The lowest BCUT2D eigenvalue weighted by Crippen LogP contribution is -2.64. The number of nitrogens with zero attached hydrogens (tertiary/aromatic N) is 1. The van der Waals surface area contributed by atoms with Crippen LogP contribution in [0.1, 0.15) is 28.7 Å². The highest BCUT2D eigenvalue weighted by molar-refractivity contribution is 5.67. The van der Waals surface area contributed by atoms with Gasteiger partial charge in [-0.05, 0) is 50.2 Å². The third-order valence-electron chi connectivity index (χ3n) is 7.60. The van der Waals surface area contributed by atoms with Gasteiger partial charge in [0.15, 0.2) is 11.5 Å². The number of piperidine rings is 1. The number of likely N-dealkylation sites (N-methyl/N-ethyl adjacent to an activating group) is 1. The van der Waals surface area contributed by atoms with E-state index in [1.54, 1.807) is 7.11 Å². The molecule has 4 aliphatic rings. The smallest absolute Gasteiger partial charge is 0.166 e. The van der Waals surface area contributed by atoms with Gasteiger partial charge in [0.25, 0.3) is 0 Å². The van der Waals surface area contributed by atoms with Gasteiger partial charge in [-0.25, -0.2) is 0 Å². The Kier molecular flexibility index (Phi) is 3.84. The van der Waals surface area contributed by atoms with Gasteiger partial charge in [-0.2, -0.15) is 0 Å². The van der Waals surface area contributed by atoms with E-state index in [1.165, 1.54) is 11.1 Å². The summed E-state index contributed by atoms with van der Waals surface area (Å²) in [6, 6.07) is 12.5. The molecule has 1 N–H and O–H groups in total. The van der Waals surface area contributed by atoms with Crippen LogP contribution in [0, 0.1) is 17.8 Å². The molecule has 2 aromatic carbocycles. The summed E-state index contributed by atoms with van der Waals surface area (Å²) in [5.74, 6) is 8.63. The van der Waals surface area contributed by atoms with Crippen LogP contribution in [-0.4, -0.2) is 49.0 Å². The van der Waals surface area contributed by atoms with E-state index in [9.17, 15) is 5.11 Å². The zero-order chi connectivity index (χ0) is 20.5. The van der Waals surface area contributed by atoms with E-state index >= 15 is 0 Å². The minimum absolute atomic E-state index is 0.202. The van der Waals surface area contributed by atoms with Crippen molar-refractivity contribution in [1.29, 1.82) is 0 Å². The maximum Gasteiger partial charge on any atom is 0.166 e. The van der Waals surface area contributed by atoms with Crippen LogP contribution >= 0.6 is 0 Å².